The molecule has 0 spiro atoms. The van der Waals surface area contributed by atoms with Gasteiger partial charge in [0.25, 0.3) is 6.43 Å². The summed E-state index contributed by atoms with van der Waals surface area (Å²) in [5, 5.41) is 0. The highest BCUT2D eigenvalue weighted by atomic mass is 19.3. The van der Waals surface area contributed by atoms with Crippen LogP contribution in [0.5, 0.6) is 5.75 Å². The van der Waals surface area contributed by atoms with Crippen molar-refractivity contribution in [3.63, 3.8) is 0 Å². The summed E-state index contributed by atoms with van der Waals surface area (Å²) in [4.78, 5) is 0. The molecule has 2 nitrogen and oxygen atoms in total. The Morgan fingerprint density at radius 2 is 1.86 bits per heavy atom. The van der Waals surface area contributed by atoms with E-state index < -0.39 is 13.0 Å². The fourth-order valence-corrected chi connectivity index (χ4v) is 1.08. The van der Waals surface area contributed by atoms with Crippen LogP contribution in [-0.4, -0.2) is 19.6 Å². The van der Waals surface area contributed by atoms with Crippen LogP contribution < -0.4 is 10.5 Å². The summed E-state index contributed by atoms with van der Waals surface area (Å²) in [6, 6.07) is 7.00. The number of rotatable bonds is 5. The Bertz CT molecular complexity index is 261. The number of benzene rings is 1. The van der Waals surface area contributed by atoms with Gasteiger partial charge in [-0.05, 0) is 30.7 Å². The van der Waals surface area contributed by atoms with E-state index in [1.165, 1.54) is 0 Å². The largest absolute Gasteiger partial charge is 0.488 e. The zero-order valence-electron chi connectivity index (χ0n) is 7.75. The van der Waals surface area contributed by atoms with Crippen LogP contribution in [0.25, 0.3) is 0 Å². The third-order valence-electron chi connectivity index (χ3n) is 1.73. The molecule has 0 aliphatic carbocycles. The Balaban J connectivity index is 2.46. The first-order valence-electron chi connectivity index (χ1n) is 4.42. The van der Waals surface area contributed by atoms with Gasteiger partial charge in [0.15, 0.2) is 0 Å². The maximum Gasteiger partial charge on any atom is 0.272 e. The lowest BCUT2D eigenvalue weighted by Crippen LogP contribution is -2.07. The summed E-state index contributed by atoms with van der Waals surface area (Å²) in [5.41, 5.74) is 6.45. The Kier molecular flexibility index (Phi) is 4.32. The third kappa shape index (κ3) is 3.70. The highest BCUT2D eigenvalue weighted by Crippen LogP contribution is 2.13. The predicted molar refractivity (Wildman–Crippen MR) is 50.7 cm³/mol. The Morgan fingerprint density at radius 1 is 1.21 bits per heavy atom. The van der Waals surface area contributed by atoms with Crippen LogP contribution in [0, 0.1) is 0 Å². The highest BCUT2D eigenvalue weighted by Gasteiger charge is 2.02. The first kappa shape index (κ1) is 10.9. The molecule has 1 aromatic rings. The van der Waals surface area contributed by atoms with Gasteiger partial charge < -0.3 is 10.5 Å². The topological polar surface area (TPSA) is 35.2 Å². The number of hydrogen-bond acceptors (Lipinski definition) is 2. The summed E-state index contributed by atoms with van der Waals surface area (Å²) < 4.78 is 28.4. The van der Waals surface area contributed by atoms with E-state index >= 15 is 0 Å². The summed E-state index contributed by atoms with van der Waals surface area (Å²) in [6.07, 6.45) is -1.64. The number of hydrogen-bond donors (Lipinski definition) is 1. The molecule has 14 heavy (non-hydrogen) atoms. The van der Waals surface area contributed by atoms with Crippen LogP contribution in [0.4, 0.5) is 8.78 Å². The molecule has 0 heterocycles. The molecule has 0 unspecified atom stereocenters. The van der Waals surface area contributed by atoms with Crippen LogP contribution in [0.2, 0.25) is 0 Å². The van der Waals surface area contributed by atoms with E-state index in [0.717, 1.165) is 12.0 Å². The SMILES string of the molecule is NCCc1ccc(OCC(F)F)cc1. The van der Waals surface area contributed by atoms with Gasteiger partial charge in [0.1, 0.15) is 12.4 Å². The van der Waals surface area contributed by atoms with Crippen molar-refractivity contribution in [1.82, 2.24) is 0 Å². The van der Waals surface area contributed by atoms with Gasteiger partial charge in [0.2, 0.25) is 0 Å². The highest BCUT2D eigenvalue weighted by molar-refractivity contribution is 5.27. The van der Waals surface area contributed by atoms with Crippen LogP contribution in [-0.2, 0) is 6.42 Å². The zero-order valence-corrected chi connectivity index (χ0v) is 7.75. The quantitative estimate of drug-likeness (QED) is 0.788. The maximum absolute atomic E-state index is 11.8. The fourth-order valence-electron chi connectivity index (χ4n) is 1.08. The summed E-state index contributed by atoms with van der Waals surface area (Å²) in [6.45, 7) is 0.0213. The van der Waals surface area contributed by atoms with Gasteiger partial charge in [-0.1, -0.05) is 12.1 Å². The van der Waals surface area contributed by atoms with E-state index in [-0.39, 0.29) is 0 Å². The second-order valence-electron chi connectivity index (χ2n) is 2.88. The van der Waals surface area contributed by atoms with Crippen molar-refractivity contribution in [2.75, 3.05) is 13.2 Å². The summed E-state index contributed by atoms with van der Waals surface area (Å²) in [5.74, 6) is 0.464. The molecule has 1 aromatic carbocycles. The van der Waals surface area contributed by atoms with Gasteiger partial charge in [-0.2, -0.15) is 0 Å². The minimum Gasteiger partial charge on any atom is -0.488 e. The standard InChI is InChI=1S/C10H13F2NO/c11-10(12)7-14-9-3-1-8(2-4-9)5-6-13/h1-4,10H,5-7,13H2. The number of nitrogens with two attached hydrogens (primary N) is 1. The van der Waals surface area contributed by atoms with Gasteiger partial charge in [0.05, 0.1) is 0 Å². The lowest BCUT2D eigenvalue weighted by molar-refractivity contribution is 0.0819. The molecule has 1 rings (SSSR count). The minimum absolute atomic E-state index is 0.464. The Morgan fingerprint density at radius 3 is 2.36 bits per heavy atom. The van der Waals surface area contributed by atoms with Crippen molar-refractivity contribution in [2.45, 2.75) is 12.8 Å². The molecule has 0 aliphatic heterocycles. The molecule has 4 heteroatoms. The molecule has 0 aliphatic rings. The van der Waals surface area contributed by atoms with E-state index in [9.17, 15) is 8.78 Å². The molecule has 0 aromatic heterocycles. The molecule has 0 bridgehead atoms. The van der Waals surface area contributed by atoms with E-state index in [4.69, 9.17) is 10.5 Å². The normalized spacial score (nSPS) is 10.6. The summed E-state index contributed by atoms with van der Waals surface area (Å²) >= 11 is 0. The van der Waals surface area contributed by atoms with Crippen molar-refractivity contribution in [3.8, 4) is 5.75 Å². The smallest absolute Gasteiger partial charge is 0.272 e. The van der Waals surface area contributed by atoms with E-state index in [2.05, 4.69) is 0 Å². The molecule has 2 N–H and O–H groups in total. The Labute approximate surface area is 81.7 Å². The van der Waals surface area contributed by atoms with Crippen LogP contribution in [0.15, 0.2) is 24.3 Å². The second kappa shape index (κ2) is 5.54. The van der Waals surface area contributed by atoms with Gasteiger partial charge >= 0.3 is 0 Å². The predicted octanol–water partition coefficient (Wildman–Crippen LogP) is 1.83. The van der Waals surface area contributed by atoms with Crippen molar-refractivity contribution in [3.05, 3.63) is 29.8 Å². The molecular weight excluding hydrogens is 188 g/mol. The van der Waals surface area contributed by atoms with Gasteiger partial charge in [0, 0.05) is 0 Å². The van der Waals surface area contributed by atoms with Crippen molar-refractivity contribution < 1.29 is 13.5 Å². The molecule has 0 fully saturated rings. The number of alkyl halides is 2. The molecule has 0 saturated heterocycles. The monoisotopic (exact) mass is 201 g/mol. The number of ether oxygens (including phenoxy) is 1. The molecule has 78 valence electrons. The van der Waals surface area contributed by atoms with Crippen molar-refractivity contribution >= 4 is 0 Å². The van der Waals surface area contributed by atoms with E-state index in [1.54, 1.807) is 12.1 Å². The molecule has 0 saturated carbocycles. The molecule has 0 amide bonds. The van der Waals surface area contributed by atoms with Crippen LogP contribution in [0.1, 0.15) is 5.56 Å². The maximum atomic E-state index is 11.8. The van der Waals surface area contributed by atoms with Crippen LogP contribution in [0.3, 0.4) is 0 Å². The van der Waals surface area contributed by atoms with E-state index in [0.29, 0.717) is 12.3 Å². The first-order valence-corrected chi connectivity index (χ1v) is 4.42. The van der Waals surface area contributed by atoms with Crippen molar-refractivity contribution in [1.29, 1.82) is 0 Å². The summed E-state index contributed by atoms with van der Waals surface area (Å²) in [7, 11) is 0. The molecular formula is C10H13F2NO. The molecule has 0 radical (unpaired) electrons. The fraction of sp³-hybridized carbons (Fsp3) is 0.400. The lowest BCUT2D eigenvalue weighted by Gasteiger charge is -2.05. The second-order valence-corrected chi connectivity index (χ2v) is 2.88. The van der Waals surface area contributed by atoms with Gasteiger partial charge in [-0.3, -0.25) is 0 Å². The average Bonchev–Trinajstić information content (AvgIpc) is 2.17. The van der Waals surface area contributed by atoms with Gasteiger partial charge in [-0.25, -0.2) is 8.78 Å². The lowest BCUT2D eigenvalue weighted by atomic mass is 10.1. The number of halogens is 2. The first-order chi connectivity index (χ1) is 6.72. The molecule has 0 atom stereocenters. The zero-order chi connectivity index (χ0) is 10.4. The third-order valence-corrected chi connectivity index (χ3v) is 1.73. The minimum atomic E-state index is -2.43. The van der Waals surface area contributed by atoms with Crippen molar-refractivity contribution in [2.24, 2.45) is 5.73 Å². The van der Waals surface area contributed by atoms with Crippen LogP contribution >= 0.6 is 0 Å². The Hall–Kier alpha value is -1.16. The van der Waals surface area contributed by atoms with Gasteiger partial charge in [-0.15, -0.1) is 0 Å². The average molecular weight is 201 g/mol. The van der Waals surface area contributed by atoms with E-state index in [1.807, 2.05) is 12.1 Å².